The predicted octanol–water partition coefficient (Wildman–Crippen LogP) is -0.484. The molecule has 0 aliphatic carbocycles. The second-order valence-corrected chi connectivity index (χ2v) is 2.84. The average Bonchev–Trinajstić information content (AvgIpc) is 2.13. The minimum atomic E-state index is -0.318. The molecule has 5 nitrogen and oxygen atoms in total. The van der Waals surface area contributed by atoms with Gasteiger partial charge in [-0.05, 0) is 13.3 Å². The van der Waals surface area contributed by atoms with E-state index in [-0.39, 0.29) is 18.4 Å². The molecule has 0 aromatic heterocycles. The first kappa shape index (κ1) is 11.6. The molecule has 0 saturated carbocycles. The largest absolute Gasteiger partial charge is 0.346 e. The number of rotatable bonds is 6. The fourth-order valence-electron chi connectivity index (χ4n) is 0.785. The summed E-state index contributed by atoms with van der Waals surface area (Å²) in [5, 5.41) is 2.03. The first-order valence-corrected chi connectivity index (χ1v) is 4.02. The summed E-state index contributed by atoms with van der Waals surface area (Å²) in [5.74, 6) is -0.318. The summed E-state index contributed by atoms with van der Waals surface area (Å²) in [6.45, 7) is 1.84. The van der Waals surface area contributed by atoms with Crippen LogP contribution in [0.5, 0.6) is 0 Å². The highest BCUT2D eigenvalue weighted by atomic mass is 16.2. The van der Waals surface area contributed by atoms with E-state index in [0.29, 0.717) is 19.2 Å². The molecule has 1 atom stereocenters. The molecule has 74 valence electrons. The minimum Gasteiger partial charge on any atom is -0.346 e. The zero-order chi connectivity index (χ0) is 10.3. The van der Waals surface area contributed by atoms with Gasteiger partial charge in [-0.2, -0.15) is 0 Å². The van der Waals surface area contributed by atoms with Gasteiger partial charge >= 0.3 is 0 Å². The maximum atomic E-state index is 10.8. The number of nitrogens with one attached hydrogen (secondary N) is 1. The summed E-state index contributed by atoms with van der Waals surface area (Å²) in [5.41, 5.74) is 0. The Morgan fingerprint density at radius 2 is 2.15 bits per heavy atom. The van der Waals surface area contributed by atoms with E-state index in [9.17, 15) is 14.4 Å². The second-order valence-electron chi connectivity index (χ2n) is 2.84. The summed E-state index contributed by atoms with van der Waals surface area (Å²) >= 11 is 0. The molecular formula is C8H14N2O3. The highest BCUT2D eigenvalue weighted by molar-refractivity contribution is 5.85. The molecule has 0 aliphatic heterocycles. The van der Waals surface area contributed by atoms with Crippen molar-refractivity contribution in [2.24, 2.45) is 0 Å². The van der Waals surface area contributed by atoms with Gasteiger partial charge in [0.15, 0.2) is 0 Å². The Balaban J connectivity index is 3.68. The van der Waals surface area contributed by atoms with Crippen LogP contribution in [0.3, 0.4) is 0 Å². The fourth-order valence-corrected chi connectivity index (χ4v) is 0.785. The van der Waals surface area contributed by atoms with Crippen LogP contribution in [0.2, 0.25) is 0 Å². The van der Waals surface area contributed by atoms with Crippen LogP contribution >= 0.6 is 0 Å². The Labute approximate surface area is 77.1 Å². The van der Waals surface area contributed by atoms with Gasteiger partial charge in [0, 0.05) is 19.5 Å². The lowest BCUT2D eigenvalue weighted by Gasteiger charge is -2.19. The molecule has 13 heavy (non-hydrogen) atoms. The highest BCUT2D eigenvalue weighted by Crippen LogP contribution is 2.01. The average molecular weight is 186 g/mol. The Bertz CT molecular complexity index is 194. The first-order valence-electron chi connectivity index (χ1n) is 4.02. The van der Waals surface area contributed by atoms with Gasteiger partial charge in [0.05, 0.1) is 0 Å². The molecule has 0 fully saturated rings. The predicted molar refractivity (Wildman–Crippen MR) is 46.7 cm³/mol. The van der Waals surface area contributed by atoms with Gasteiger partial charge in [-0.1, -0.05) is 0 Å². The Morgan fingerprint density at radius 3 is 2.62 bits per heavy atom. The zero-order valence-electron chi connectivity index (χ0n) is 7.82. The number of hydrogen-bond donors (Lipinski definition) is 1. The van der Waals surface area contributed by atoms with Crippen LogP contribution < -0.4 is 5.32 Å². The summed E-state index contributed by atoms with van der Waals surface area (Å²) < 4.78 is 0. The Morgan fingerprint density at radius 1 is 1.54 bits per heavy atom. The quantitative estimate of drug-likeness (QED) is 0.569. The van der Waals surface area contributed by atoms with Crippen LogP contribution in [0.15, 0.2) is 0 Å². The smallest absolute Gasteiger partial charge is 0.226 e. The molecule has 1 unspecified atom stereocenters. The molecule has 1 N–H and O–H groups in total. The van der Waals surface area contributed by atoms with Crippen molar-refractivity contribution in [1.82, 2.24) is 10.2 Å². The molecule has 0 spiro atoms. The van der Waals surface area contributed by atoms with E-state index in [1.54, 1.807) is 7.05 Å². The molecule has 0 aromatic rings. The van der Waals surface area contributed by atoms with Gasteiger partial charge in [-0.15, -0.1) is 0 Å². The van der Waals surface area contributed by atoms with Crippen molar-refractivity contribution in [3.05, 3.63) is 0 Å². The highest BCUT2D eigenvalue weighted by Gasteiger charge is 2.08. The van der Waals surface area contributed by atoms with Crippen molar-refractivity contribution in [2.45, 2.75) is 25.8 Å². The van der Waals surface area contributed by atoms with Crippen molar-refractivity contribution < 1.29 is 14.4 Å². The van der Waals surface area contributed by atoms with Gasteiger partial charge < -0.3 is 4.90 Å². The van der Waals surface area contributed by atoms with Gasteiger partial charge in [0.25, 0.3) is 0 Å². The number of hydrogen-bond acceptors (Lipinski definition) is 3. The fraction of sp³-hybridized carbons (Fsp3) is 0.625. The van der Waals surface area contributed by atoms with Gasteiger partial charge in [0.2, 0.25) is 18.7 Å². The maximum Gasteiger partial charge on any atom is 0.226 e. The third-order valence-electron chi connectivity index (χ3n) is 1.87. The summed E-state index contributed by atoms with van der Waals surface area (Å²) in [6, 6.07) is 0.00917. The van der Waals surface area contributed by atoms with Crippen LogP contribution in [0.1, 0.15) is 19.8 Å². The van der Waals surface area contributed by atoms with Crippen LogP contribution in [0.4, 0.5) is 0 Å². The summed E-state index contributed by atoms with van der Waals surface area (Å²) in [4.78, 5) is 32.4. The molecule has 0 heterocycles. The Kier molecular flexibility index (Phi) is 5.50. The van der Waals surface area contributed by atoms with E-state index < -0.39 is 0 Å². The molecule has 0 aliphatic rings. The lowest BCUT2D eigenvalue weighted by atomic mass is 10.1. The number of carbonyl (C=O) groups excluding carboxylic acids is 3. The summed E-state index contributed by atoms with van der Waals surface area (Å²) in [6.07, 6.45) is 1.87. The molecule has 0 rings (SSSR count). The van der Waals surface area contributed by atoms with Gasteiger partial charge in [0.1, 0.15) is 0 Å². The molecular weight excluding hydrogens is 172 g/mol. The van der Waals surface area contributed by atoms with Crippen LogP contribution in [-0.2, 0) is 14.4 Å². The van der Waals surface area contributed by atoms with Gasteiger partial charge in [-0.25, -0.2) is 0 Å². The van der Waals surface area contributed by atoms with Crippen molar-refractivity contribution in [3.8, 4) is 0 Å². The third-order valence-corrected chi connectivity index (χ3v) is 1.87. The second kappa shape index (κ2) is 6.16. The SMILES string of the molecule is CC(CCC(=O)NC=O)N(C)C=O. The lowest BCUT2D eigenvalue weighted by Crippen LogP contribution is -2.30. The Hall–Kier alpha value is -1.39. The van der Waals surface area contributed by atoms with E-state index >= 15 is 0 Å². The number of imide groups is 1. The van der Waals surface area contributed by atoms with Crippen LogP contribution in [0, 0.1) is 0 Å². The van der Waals surface area contributed by atoms with Crippen molar-refractivity contribution in [1.29, 1.82) is 0 Å². The minimum absolute atomic E-state index is 0.00917. The van der Waals surface area contributed by atoms with E-state index in [4.69, 9.17) is 0 Å². The zero-order valence-corrected chi connectivity index (χ0v) is 7.82. The molecule has 0 aromatic carbocycles. The number of amides is 3. The molecule has 0 radical (unpaired) electrons. The molecule has 3 amide bonds. The lowest BCUT2D eigenvalue weighted by molar-refractivity contribution is -0.126. The van der Waals surface area contributed by atoms with Crippen LogP contribution in [0.25, 0.3) is 0 Å². The normalized spacial score (nSPS) is 11.5. The number of nitrogens with zero attached hydrogens (tertiary/aromatic N) is 1. The topological polar surface area (TPSA) is 66.5 Å². The number of carbonyl (C=O) groups is 3. The van der Waals surface area contributed by atoms with Crippen molar-refractivity contribution >= 4 is 18.7 Å². The van der Waals surface area contributed by atoms with Gasteiger partial charge in [-0.3, -0.25) is 19.7 Å². The first-order chi connectivity index (χ1) is 6.11. The van der Waals surface area contributed by atoms with Crippen molar-refractivity contribution in [3.63, 3.8) is 0 Å². The molecule has 5 heteroatoms. The monoisotopic (exact) mass is 186 g/mol. The van der Waals surface area contributed by atoms with E-state index in [2.05, 4.69) is 0 Å². The molecule has 0 saturated heterocycles. The third kappa shape index (κ3) is 4.95. The maximum absolute atomic E-state index is 10.8. The van der Waals surface area contributed by atoms with Crippen LogP contribution in [-0.4, -0.2) is 36.7 Å². The molecule has 0 bridgehead atoms. The van der Waals surface area contributed by atoms with Crippen molar-refractivity contribution in [2.75, 3.05) is 7.05 Å². The standard InChI is InChI=1S/C8H14N2O3/c1-7(10(2)6-12)3-4-8(13)9-5-11/h5-7H,3-4H2,1-2H3,(H,9,11,13). The van der Waals surface area contributed by atoms with E-state index in [1.807, 2.05) is 12.2 Å². The van der Waals surface area contributed by atoms with E-state index in [0.717, 1.165) is 0 Å². The summed E-state index contributed by atoms with van der Waals surface area (Å²) in [7, 11) is 1.65. The van der Waals surface area contributed by atoms with E-state index in [1.165, 1.54) is 4.90 Å².